The Hall–Kier alpha value is -2.76. The van der Waals surface area contributed by atoms with Crippen LogP contribution in [0.2, 0.25) is 0 Å². The van der Waals surface area contributed by atoms with Crippen LogP contribution in [-0.2, 0) is 0 Å². The molecule has 0 fully saturated rings. The second-order valence-electron chi connectivity index (χ2n) is 3.87. The van der Waals surface area contributed by atoms with Gasteiger partial charge in [0, 0.05) is 22.7 Å². The van der Waals surface area contributed by atoms with Gasteiger partial charge in [0.05, 0.1) is 0 Å². The summed E-state index contributed by atoms with van der Waals surface area (Å²) in [5, 5.41) is 7.11. The first-order chi connectivity index (χ1) is 8.72. The Morgan fingerprint density at radius 2 is 2.22 bits per heavy atom. The van der Waals surface area contributed by atoms with Gasteiger partial charge in [-0.25, -0.2) is 0 Å². The van der Waals surface area contributed by atoms with Crippen LogP contribution in [0.3, 0.4) is 0 Å². The zero-order chi connectivity index (χ0) is 12.5. The van der Waals surface area contributed by atoms with Crippen molar-refractivity contribution < 1.29 is 9.32 Å². The number of hydrogen-bond acceptors (Lipinski definition) is 4. The zero-order valence-corrected chi connectivity index (χ0v) is 9.31. The molecule has 6 heteroatoms. The van der Waals surface area contributed by atoms with Gasteiger partial charge in [-0.15, -0.1) is 0 Å². The summed E-state index contributed by atoms with van der Waals surface area (Å²) in [5.41, 5.74) is 7.64. The molecule has 0 aliphatic rings. The fourth-order valence-electron chi connectivity index (χ4n) is 1.73. The number of nitrogens with zero attached hydrogens (tertiary/aromatic N) is 1. The third kappa shape index (κ3) is 1.80. The van der Waals surface area contributed by atoms with Gasteiger partial charge in [-0.2, -0.15) is 0 Å². The van der Waals surface area contributed by atoms with Crippen molar-refractivity contribution in [1.29, 1.82) is 0 Å². The monoisotopic (exact) mass is 242 g/mol. The summed E-state index contributed by atoms with van der Waals surface area (Å²) in [6.45, 7) is 0. The van der Waals surface area contributed by atoms with E-state index in [4.69, 9.17) is 5.73 Å². The van der Waals surface area contributed by atoms with Gasteiger partial charge in [-0.05, 0) is 24.3 Å². The maximum atomic E-state index is 11.9. The first-order valence-electron chi connectivity index (χ1n) is 5.32. The first-order valence-corrected chi connectivity index (χ1v) is 5.32. The van der Waals surface area contributed by atoms with E-state index in [1.54, 1.807) is 24.3 Å². The van der Waals surface area contributed by atoms with Gasteiger partial charge < -0.3 is 20.6 Å². The highest BCUT2D eigenvalue weighted by atomic mass is 16.5. The molecule has 3 aromatic rings. The molecule has 4 N–H and O–H groups in total. The van der Waals surface area contributed by atoms with E-state index in [2.05, 4.69) is 20.0 Å². The van der Waals surface area contributed by atoms with Crippen molar-refractivity contribution in [1.82, 2.24) is 10.1 Å². The topological polar surface area (TPSA) is 96.9 Å². The minimum Gasteiger partial charge on any atom is -0.399 e. The molecule has 6 nitrogen and oxygen atoms in total. The summed E-state index contributed by atoms with van der Waals surface area (Å²) in [6.07, 6.45) is 1.39. The van der Waals surface area contributed by atoms with Crippen LogP contribution in [0, 0.1) is 0 Å². The normalized spacial score (nSPS) is 10.7. The van der Waals surface area contributed by atoms with Crippen LogP contribution in [-0.4, -0.2) is 16.0 Å². The summed E-state index contributed by atoms with van der Waals surface area (Å²) in [4.78, 5) is 14.9. The van der Waals surface area contributed by atoms with E-state index < -0.39 is 0 Å². The van der Waals surface area contributed by atoms with Gasteiger partial charge in [0.1, 0.15) is 12.0 Å². The number of benzene rings is 1. The van der Waals surface area contributed by atoms with Crippen molar-refractivity contribution in [2.75, 3.05) is 11.1 Å². The Morgan fingerprint density at radius 1 is 1.33 bits per heavy atom. The lowest BCUT2D eigenvalue weighted by Gasteiger charge is -1.96. The summed E-state index contributed by atoms with van der Waals surface area (Å²) in [6, 6.07) is 8.72. The Balaban J connectivity index is 1.92. The molecule has 0 saturated heterocycles. The molecule has 1 aromatic carbocycles. The molecule has 1 amide bonds. The maximum absolute atomic E-state index is 11.9. The third-order valence-corrected chi connectivity index (χ3v) is 2.57. The Labute approximate surface area is 102 Å². The van der Waals surface area contributed by atoms with Crippen molar-refractivity contribution in [3.63, 3.8) is 0 Å². The lowest BCUT2D eigenvalue weighted by molar-refractivity contribution is 0.102. The number of rotatable bonds is 2. The van der Waals surface area contributed by atoms with Gasteiger partial charge in [-0.3, -0.25) is 4.79 Å². The predicted molar refractivity (Wildman–Crippen MR) is 67.2 cm³/mol. The molecule has 0 aliphatic carbocycles. The lowest BCUT2D eigenvalue weighted by Crippen LogP contribution is -2.12. The number of carbonyl (C=O) groups excluding carboxylic acids is 1. The van der Waals surface area contributed by atoms with Gasteiger partial charge in [0.2, 0.25) is 0 Å². The van der Waals surface area contributed by atoms with Crippen LogP contribution < -0.4 is 11.1 Å². The van der Waals surface area contributed by atoms with E-state index >= 15 is 0 Å². The molecule has 3 rings (SSSR count). The summed E-state index contributed by atoms with van der Waals surface area (Å²) in [5.74, 6) is 0.0943. The smallest absolute Gasteiger partial charge is 0.273 e. The largest absolute Gasteiger partial charge is 0.399 e. The van der Waals surface area contributed by atoms with E-state index in [0.29, 0.717) is 17.2 Å². The van der Waals surface area contributed by atoms with Crippen LogP contribution in [0.15, 0.2) is 41.1 Å². The van der Waals surface area contributed by atoms with E-state index in [0.717, 1.165) is 10.9 Å². The van der Waals surface area contributed by atoms with Crippen LogP contribution in [0.1, 0.15) is 10.5 Å². The van der Waals surface area contributed by atoms with Crippen LogP contribution in [0.5, 0.6) is 0 Å². The molecule has 2 heterocycles. The number of carbonyl (C=O) groups is 1. The van der Waals surface area contributed by atoms with Crippen LogP contribution >= 0.6 is 0 Å². The number of hydrogen-bond donors (Lipinski definition) is 3. The molecule has 0 radical (unpaired) electrons. The fourth-order valence-corrected chi connectivity index (χ4v) is 1.73. The van der Waals surface area contributed by atoms with Crippen molar-refractivity contribution in [3.05, 3.63) is 42.3 Å². The van der Waals surface area contributed by atoms with Gasteiger partial charge in [0.15, 0.2) is 5.82 Å². The molecule has 0 atom stereocenters. The molecular formula is C12H10N4O2. The number of aromatic nitrogens is 2. The number of nitrogens with one attached hydrogen (secondary N) is 2. The van der Waals surface area contributed by atoms with Crippen LogP contribution in [0.25, 0.3) is 10.9 Å². The number of aromatic amines is 1. The molecule has 90 valence electrons. The van der Waals surface area contributed by atoms with Crippen LogP contribution in [0.4, 0.5) is 11.5 Å². The highest BCUT2D eigenvalue weighted by molar-refractivity contribution is 6.05. The molecule has 2 aromatic heterocycles. The van der Waals surface area contributed by atoms with E-state index in [1.165, 1.54) is 6.26 Å². The van der Waals surface area contributed by atoms with E-state index in [1.807, 2.05) is 6.07 Å². The van der Waals surface area contributed by atoms with Gasteiger partial charge >= 0.3 is 0 Å². The SMILES string of the molecule is Nc1ccc2[nH]c(C(=O)Nc3ccon3)cc2c1. The Kier molecular flexibility index (Phi) is 2.26. The second-order valence-corrected chi connectivity index (χ2v) is 3.87. The third-order valence-electron chi connectivity index (χ3n) is 2.57. The molecule has 0 bridgehead atoms. The molecule has 18 heavy (non-hydrogen) atoms. The Morgan fingerprint density at radius 3 is 3.00 bits per heavy atom. The summed E-state index contributed by atoms with van der Waals surface area (Å²) in [7, 11) is 0. The highest BCUT2D eigenvalue weighted by Gasteiger charge is 2.10. The number of nitrogen functional groups attached to an aromatic ring is 1. The number of H-pyrrole nitrogens is 1. The average molecular weight is 242 g/mol. The molecular weight excluding hydrogens is 232 g/mol. The van der Waals surface area contributed by atoms with E-state index in [9.17, 15) is 4.79 Å². The quantitative estimate of drug-likeness (QED) is 0.598. The minimum atomic E-state index is -0.279. The lowest BCUT2D eigenvalue weighted by atomic mass is 10.2. The van der Waals surface area contributed by atoms with Gasteiger partial charge in [-0.1, -0.05) is 5.16 Å². The van der Waals surface area contributed by atoms with Crippen molar-refractivity contribution in [3.8, 4) is 0 Å². The zero-order valence-electron chi connectivity index (χ0n) is 9.31. The predicted octanol–water partition coefficient (Wildman–Crippen LogP) is 1.99. The van der Waals surface area contributed by atoms with E-state index in [-0.39, 0.29) is 5.91 Å². The molecule has 0 saturated carbocycles. The van der Waals surface area contributed by atoms with Crippen molar-refractivity contribution >= 4 is 28.3 Å². The van der Waals surface area contributed by atoms with Crippen molar-refractivity contribution in [2.45, 2.75) is 0 Å². The Bertz CT molecular complexity index is 700. The maximum Gasteiger partial charge on any atom is 0.273 e. The molecule has 0 unspecified atom stereocenters. The first kappa shape index (κ1) is 10.4. The standard InChI is InChI=1S/C12H10N4O2/c13-8-1-2-9-7(5-8)6-10(14-9)12(17)15-11-3-4-18-16-11/h1-6,14H,13H2,(H,15,16,17). The highest BCUT2D eigenvalue weighted by Crippen LogP contribution is 2.19. The number of amides is 1. The minimum absolute atomic E-state index is 0.279. The molecule has 0 aliphatic heterocycles. The average Bonchev–Trinajstić information content (AvgIpc) is 2.96. The summed E-state index contributed by atoms with van der Waals surface area (Å²) >= 11 is 0. The van der Waals surface area contributed by atoms with Crippen molar-refractivity contribution in [2.24, 2.45) is 0 Å². The summed E-state index contributed by atoms with van der Waals surface area (Å²) < 4.78 is 4.63. The number of nitrogens with two attached hydrogens (primary N) is 1. The second kappa shape index (κ2) is 3.92. The number of fused-ring (bicyclic) bond motifs is 1. The van der Waals surface area contributed by atoms with Gasteiger partial charge in [0.25, 0.3) is 5.91 Å². The number of anilines is 2. The molecule has 0 spiro atoms. The fraction of sp³-hybridized carbons (Fsp3) is 0.